The third-order valence-electron chi connectivity index (χ3n) is 5.62. The van der Waals surface area contributed by atoms with Gasteiger partial charge in [0, 0.05) is 5.70 Å². The standard InChI is InChI=1S/C22H20ClF3N4O3/c1-11-15(20(31)28-13-9-6-10-14(33-2)17(13)23)21(32)30-19(27-11)16(12-7-4-3-5-8-12)18(29-30)22(24,25)26/h3-10,16,18-19,27,29H,1-2H3,(H,28,31). The Morgan fingerprint density at radius 1 is 1.15 bits per heavy atom. The number of nitrogens with one attached hydrogen (secondary N) is 3. The maximum absolute atomic E-state index is 13.9. The molecule has 2 amide bonds. The Bertz CT molecular complexity index is 1120. The highest BCUT2D eigenvalue weighted by atomic mass is 35.5. The van der Waals surface area contributed by atoms with Crippen molar-refractivity contribution in [3.8, 4) is 5.75 Å². The zero-order valence-corrected chi connectivity index (χ0v) is 18.3. The fourth-order valence-corrected chi connectivity index (χ4v) is 4.36. The second-order valence-electron chi connectivity index (χ2n) is 7.63. The molecule has 4 rings (SSSR count). The lowest BCUT2D eigenvalue weighted by Crippen LogP contribution is -2.56. The summed E-state index contributed by atoms with van der Waals surface area (Å²) in [7, 11) is 1.41. The second kappa shape index (κ2) is 8.60. The molecule has 3 atom stereocenters. The number of amides is 2. The molecule has 3 N–H and O–H groups in total. The number of alkyl halides is 3. The summed E-state index contributed by atoms with van der Waals surface area (Å²) in [6.45, 7) is 1.47. The number of halogens is 4. The zero-order chi connectivity index (χ0) is 23.9. The highest BCUT2D eigenvalue weighted by Gasteiger charge is 2.58. The molecule has 33 heavy (non-hydrogen) atoms. The summed E-state index contributed by atoms with van der Waals surface area (Å²) in [5.74, 6) is -2.50. The third-order valence-corrected chi connectivity index (χ3v) is 6.01. The number of nitrogens with zero attached hydrogens (tertiary/aromatic N) is 1. The van der Waals surface area contributed by atoms with Crippen LogP contribution in [0, 0.1) is 0 Å². The molecular formula is C22H20ClF3N4O3. The largest absolute Gasteiger partial charge is 0.495 e. The fourth-order valence-electron chi connectivity index (χ4n) is 4.11. The molecule has 2 aromatic carbocycles. The van der Waals surface area contributed by atoms with Crippen LogP contribution in [0.2, 0.25) is 5.02 Å². The van der Waals surface area contributed by atoms with Gasteiger partial charge in [-0.1, -0.05) is 48.0 Å². The monoisotopic (exact) mass is 480 g/mol. The highest BCUT2D eigenvalue weighted by Crippen LogP contribution is 2.41. The fraction of sp³-hybridized carbons (Fsp3) is 0.273. The summed E-state index contributed by atoms with van der Waals surface area (Å²) in [6.07, 6.45) is -5.67. The Morgan fingerprint density at radius 3 is 2.48 bits per heavy atom. The maximum atomic E-state index is 13.9. The Morgan fingerprint density at radius 2 is 1.85 bits per heavy atom. The number of fused-ring (bicyclic) bond motifs is 1. The lowest BCUT2D eigenvalue weighted by atomic mass is 9.89. The predicted octanol–water partition coefficient (Wildman–Crippen LogP) is 3.55. The van der Waals surface area contributed by atoms with Gasteiger partial charge in [-0.2, -0.15) is 13.2 Å². The van der Waals surface area contributed by atoms with Gasteiger partial charge in [0.15, 0.2) is 0 Å². The van der Waals surface area contributed by atoms with Crippen LogP contribution < -0.4 is 20.8 Å². The minimum Gasteiger partial charge on any atom is -0.495 e. The van der Waals surface area contributed by atoms with E-state index in [9.17, 15) is 22.8 Å². The molecule has 3 unspecified atom stereocenters. The molecule has 0 saturated carbocycles. The molecule has 2 aliphatic rings. The van der Waals surface area contributed by atoms with E-state index >= 15 is 0 Å². The Balaban J connectivity index is 1.66. The van der Waals surface area contributed by atoms with Gasteiger partial charge in [-0.25, -0.2) is 10.4 Å². The van der Waals surface area contributed by atoms with E-state index in [1.54, 1.807) is 42.5 Å². The number of ether oxygens (including phenoxy) is 1. The van der Waals surface area contributed by atoms with E-state index in [-0.39, 0.29) is 22.0 Å². The molecule has 2 aromatic rings. The van der Waals surface area contributed by atoms with Crippen molar-refractivity contribution in [2.24, 2.45) is 0 Å². The molecule has 11 heteroatoms. The Kier molecular flexibility index (Phi) is 5.98. The average molecular weight is 481 g/mol. The van der Waals surface area contributed by atoms with E-state index in [1.165, 1.54) is 20.1 Å². The van der Waals surface area contributed by atoms with Crippen LogP contribution in [0.3, 0.4) is 0 Å². The van der Waals surface area contributed by atoms with Crippen LogP contribution in [-0.4, -0.2) is 42.3 Å². The lowest BCUT2D eigenvalue weighted by Gasteiger charge is -2.34. The van der Waals surface area contributed by atoms with E-state index in [0.717, 1.165) is 5.01 Å². The van der Waals surface area contributed by atoms with Crippen molar-refractivity contribution >= 4 is 29.1 Å². The van der Waals surface area contributed by atoms with Crippen molar-refractivity contribution in [3.63, 3.8) is 0 Å². The molecule has 2 aliphatic heterocycles. The summed E-state index contributed by atoms with van der Waals surface area (Å²) < 4.78 is 46.7. The van der Waals surface area contributed by atoms with Crippen LogP contribution in [0.25, 0.3) is 0 Å². The van der Waals surface area contributed by atoms with Crippen molar-refractivity contribution in [1.29, 1.82) is 0 Å². The molecule has 0 bridgehead atoms. The van der Waals surface area contributed by atoms with Gasteiger partial charge in [0.25, 0.3) is 11.8 Å². The van der Waals surface area contributed by atoms with Gasteiger partial charge in [-0.15, -0.1) is 0 Å². The van der Waals surface area contributed by atoms with Crippen molar-refractivity contribution in [2.45, 2.75) is 31.2 Å². The normalized spacial score (nSPS) is 22.7. The number of methoxy groups -OCH3 is 1. The van der Waals surface area contributed by atoms with Crippen LogP contribution in [-0.2, 0) is 9.59 Å². The molecule has 0 aromatic heterocycles. The van der Waals surface area contributed by atoms with Crippen LogP contribution in [0.4, 0.5) is 18.9 Å². The number of hydrogen-bond donors (Lipinski definition) is 3. The third kappa shape index (κ3) is 4.11. The first-order valence-electron chi connectivity index (χ1n) is 9.96. The van der Waals surface area contributed by atoms with Crippen LogP contribution in [0.15, 0.2) is 59.8 Å². The van der Waals surface area contributed by atoms with Gasteiger partial charge in [-0.3, -0.25) is 9.59 Å². The van der Waals surface area contributed by atoms with Gasteiger partial charge in [0.2, 0.25) is 0 Å². The number of hydrazine groups is 1. The molecule has 0 radical (unpaired) electrons. The number of allylic oxidation sites excluding steroid dienone is 1. The summed E-state index contributed by atoms with van der Waals surface area (Å²) in [5.41, 5.74) is 2.70. The number of carbonyl (C=O) groups excluding carboxylic acids is 2. The minimum atomic E-state index is -4.63. The maximum Gasteiger partial charge on any atom is 0.406 e. The number of anilines is 1. The molecule has 2 heterocycles. The molecule has 0 spiro atoms. The molecular weight excluding hydrogens is 461 g/mol. The van der Waals surface area contributed by atoms with E-state index < -0.39 is 36.1 Å². The van der Waals surface area contributed by atoms with Gasteiger partial charge < -0.3 is 15.4 Å². The van der Waals surface area contributed by atoms with E-state index in [1.807, 2.05) is 0 Å². The molecule has 1 saturated heterocycles. The summed E-state index contributed by atoms with van der Waals surface area (Å²) in [4.78, 5) is 26.1. The number of hydrogen-bond acceptors (Lipinski definition) is 5. The van der Waals surface area contributed by atoms with Crippen molar-refractivity contribution < 1.29 is 27.5 Å². The van der Waals surface area contributed by atoms with E-state index in [2.05, 4.69) is 16.1 Å². The lowest BCUT2D eigenvalue weighted by molar-refractivity contribution is -0.161. The number of benzene rings is 2. The quantitative estimate of drug-likeness (QED) is 0.583. The van der Waals surface area contributed by atoms with Crippen molar-refractivity contribution in [3.05, 3.63) is 70.4 Å². The number of carbonyl (C=O) groups is 2. The van der Waals surface area contributed by atoms with Gasteiger partial charge in [0.05, 0.1) is 18.7 Å². The second-order valence-corrected chi connectivity index (χ2v) is 8.00. The summed E-state index contributed by atoms with van der Waals surface area (Å²) in [6, 6.07) is 10.8. The van der Waals surface area contributed by atoms with E-state index in [4.69, 9.17) is 16.3 Å². The smallest absolute Gasteiger partial charge is 0.406 e. The summed E-state index contributed by atoms with van der Waals surface area (Å²) >= 11 is 6.21. The average Bonchev–Trinajstić information content (AvgIpc) is 3.16. The Hall–Kier alpha value is -3.24. The molecule has 1 fully saturated rings. The highest BCUT2D eigenvalue weighted by molar-refractivity contribution is 6.36. The van der Waals surface area contributed by atoms with Crippen molar-refractivity contribution in [1.82, 2.24) is 15.8 Å². The molecule has 7 nitrogen and oxygen atoms in total. The van der Waals surface area contributed by atoms with Crippen LogP contribution >= 0.6 is 11.6 Å². The van der Waals surface area contributed by atoms with Gasteiger partial charge in [-0.05, 0) is 24.6 Å². The first kappa shape index (κ1) is 22.9. The van der Waals surface area contributed by atoms with Crippen molar-refractivity contribution in [2.75, 3.05) is 12.4 Å². The minimum absolute atomic E-state index is 0.126. The molecule has 174 valence electrons. The van der Waals surface area contributed by atoms with Crippen LogP contribution in [0.1, 0.15) is 18.4 Å². The SMILES string of the molecule is COc1cccc(NC(=O)C2=C(C)NC3C(c4ccccc4)C(C(F)(F)F)NN3C2=O)c1Cl. The Labute approximate surface area is 192 Å². The molecule has 0 aliphatic carbocycles. The number of rotatable bonds is 4. The zero-order valence-electron chi connectivity index (χ0n) is 17.5. The van der Waals surface area contributed by atoms with Gasteiger partial charge in [0.1, 0.15) is 28.6 Å². The van der Waals surface area contributed by atoms with Crippen LogP contribution in [0.5, 0.6) is 5.75 Å². The first-order chi connectivity index (χ1) is 15.6. The summed E-state index contributed by atoms with van der Waals surface area (Å²) in [5, 5.41) is 6.41. The predicted molar refractivity (Wildman–Crippen MR) is 115 cm³/mol. The first-order valence-corrected chi connectivity index (χ1v) is 10.3. The van der Waals surface area contributed by atoms with Gasteiger partial charge >= 0.3 is 6.18 Å². The van der Waals surface area contributed by atoms with E-state index in [0.29, 0.717) is 11.3 Å². The topological polar surface area (TPSA) is 82.7 Å².